The molecule has 1 aliphatic rings. The quantitative estimate of drug-likeness (QED) is 0.832. The van der Waals surface area contributed by atoms with Crippen molar-refractivity contribution in [3.8, 4) is 12.1 Å². The Labute approximate surface area is 171 Å². The number of hydrogen-bond acceptors (Lipinski definition) is 5. The first kappa shape index (κ1) is 21.2. The number of halogens is 3. The van der Waals surface area contributed by atoms with E-state index < -0.39 is 17.6 Å². The van der Waals surface area contributed by atoms with E-state index in [0.717, 1.165) is 6.07 Å². The number of piperazine rings is 1. The second-order valence-electron chi connectivity index (χ2n) is 6.78. The lowest BCUT2D eigenvalue weighted by Crippen LogP contribution is -2.49. The van der Waals surface area contributed by atoms with Crippen LogP contribution in [0.2, 0.25) is 0 Å². The standard InChI is InChI=1S/C21H18F3N5O/c22-21(23,24)17-6-1-2-7-18(17)27-19(30)14-28-8-10-29(11-9-28)20-15(12-25)4-3-5-16(20)13-26/h1-7H,8-11,14H2,(H,27,30). The van der Waals surface area contributed by atoms with E-state index in [1.165, 1.54) is 18.2 Å². The van der Waals surface area contributed by atoms with E-state index in [0.29, 0.717) is 43.0 Å². The summed E-state index contributed by atoms with van der Waals surface area (Å²) in [4.78, 5) is 16.0. The number of nitrogens with zero attached hydrogens (tertiary/aromatic N) is 4. The lowest BCUT2D eigenvalue weighted by molar-refractivity contribution is -0.137. The molecule has 9 heteroatoms. The highest BCUT2D eigenvalue weighted by Gasteiger charge is 2.33. The Kier molecular flexibility index (Phi) is 6.24. The van der Waals surface area contributed by atoms with Gasteiger partial charge in [0.25, 0.3) is 0 Å². The maximum absolute atomic E-state index is 13.1. The van der Waals surface area contributed by atoms with Crippen LogP contribution in [0.3, 0.4) is 0 Å². The van der Waals surface area contributed by atoms with Crippen LogP contribution in [0.4, 0.5) is 24.5 Å². The van der Waals surface area contributed by atoms with E-state index >= 15 is 0 Å². The van der Waals surface area contributed by atoms with Gasteiger partial charge in [-0.25, -0.2) is 0 Å². The molecule has 0 saturated carbocycles. The van der Waals surface area contributed by atoms with Crippen molar-refractivity contribution < 1.29 is 18.0 Å². The third-order valence-corrected chi connectivity index (χ3v) is 4.84. The van der Waals surface area contributed by atoms with Crippen LogP contribution in [0.25, 0.3) is 0 Å². The highest BCUT2D eigenvalue weighted by atomic mass is 19.4. The molecule has 2 aromatic rings. The molecular weight excluding hydrogens is 395 g/mol. The molecule has 0 aliphatic carbocycles. The van der Waals surface area contributed by atoms with Gasteiger partial charge in [0.05, 0.1) is 34.6 Å². The van der Waals surface area contributed by atoms with Crippen LogP contribution >= 0.6 is 0 Å². The van der Waals surface area contributed by atoms with Crippen LogP contribution in [-0.4, -0.2) is 43.5 Å². The van der Waals surface area contributed by atoms with Crippen molar-refractivity contribution in [1.29, 1.82) is 10.5 Å². The Morgan fingerprint density at radius 1 is 0.967 bits per heavy atom. The lowest BCUT2D eigenvalue weighted by Gasteiger charge is -2.36. The van der Waals surface area contributed by atoms with E-state index in [4.69, 9.17) is 0 Å². The number of rotatable bonds is 4. The molecule has 1 aliphatic heterocycles. The molecule has 0 aromatic heterocycles. The van der Waals surface area contributed by atoms with Crippen molar-refractivity contribution in [3.63, 3.8) is 0 Å². The number of para-hydroxylation sites is 2. The van der Waals surface area contributed by atoms with Gasteiger partial charge in [-0.05, 0) is 24.3 Å². The number of hydrogen-bond donors (Lipinski definition) is 1. The van der Waals surface area contributed by atoms with Gasteiger partial charge in [0.1, 0.15) is 12.1 Å². The van der Waals surface area contributed by atoms with Gasteiger partial charge in [-0.1, -0.05) is 18.2 Å². The summed E-state index contributed by atoms with van der Waals surface area (Å²) in [5, 5.41) is 21.0. The largest absolute Gasteiger partial charge is 0.418 e. The second-order valence-corrected chi connectivity index (χ2v) is 6.78. The topological polar surface area (TPSA) is 83.2 Å². The van der Waals surface area contributed by atoms with E-state index in [-0.39, 0.29) is 12.2 Å². The molecule has 1 fully saturated rings. The van der Waals surface area contributed by atoms with Crippen LogP contribution in [0.15, 0.2) is 42.5 Å². The van der Waals surface area contributed by atoms with Gasteiger partial charge in [-0.3, -0.25) is 9.69 Å². The molecule has 6 nitrogen and oxygen atoms in total. The zero-order valence-electron chi connectivity index (χ0n) is 15.9. The fraction of sp³-hybridized carbons (Fsp3) is 0.286. The van der Waals surface area contributed by atoms with Crippen LogP contribution in [0.1, 0.15) is 16.7 Å². The van der Waals surface area contributed by atoms with Crippen LogP contribution < -0.4 is 10.2 Å². The fourth-order valence-electron chi connectivity index (χ4n) is 3.43. The first-order valence-corrected chi connectivity index (χ1v) is 9.20. The molecule has 0 radical (unpaired) electrons. The number of nitriles is 2. The van der Waals surface area contributed by atoms with Crippen molar-refractivity contribution in [2.24, 2.45) is 0 Å². The summed E-state index contributed by atoms with van der Waals surface area (Å²) < 4.78 is 39.2. The predicted molar refractivity (Wildman–Crippen MR) is 105 cm³/mol. The SMILES string of the molecule is N#Cc1cccc(C#N)c1N1CCN(CC(=O)Nc2ccccc2C(F)(F)F)CC1. The minimum Gasteiger partial charge on any atom is -0.367 e. The molecule has 0 unspecified atom stereocenters. The zero-order chi connectivity index (χ0) is 21.7. The molecule has 0 bridgehead atoms. The first-order chi connectivity index (χ1) is 14.3. The number of nitrogens with one attached hydrogen (secondary N) is 1. The predicted octanol–water partition coefficient (Wildman–Crippen LogP) is 3.21. The number of carbonyl (C=O) groups excluding carboxylic acids is 1. The highest BCUT2D eigenvalue weighted by molar-refractivity contribution is 5.93. The Bertz CT molecular complexity index is 982. The van der Waals surface area contributed by atoms with E-state index in [1.807, 2.05) is 9.80 Å². The molecule has 1 heterocycles. The molecule has 2 aromatic carbocycles. The summed E-state index contributed by atoms with van der Waals surface area (Å²) in [6, 6.07) is 14.0. The van der Waals surface area contributed by atoms with Gasteiger partial charge in [-0.15, -0.1) is 0 Å². The molecule has 1 N–H and O–H groups in total. The molecule has 1 amide bonds. The van der Waals surface area contributed by atoms with Gasteiger partial charge in [-0.2, -0.15) is 23.7 Å². The van der Waals surface area contributed by atoms with E-state index in [1.54, 1.807) is 18.2 Å². The van der Waals surface area contributed by atoms with Crippen molar-refractivity contribution in [3.05, 3.63) is 59.2 Å². The summed E-state index contributed by atoms with van der Waals surface area (Å²) in [5.41, 5.74) is 0.231. The van der Waals surface area contributed by atoms with Crippen molar-refractivity contribution in [2.45, 2.75) is 6.18 Å². The Hall–Kier alpha value is -3.56. The molecule has 154 valence electrons. The molecular formula is C21H18F3N5O. The van der Waals surface area contributed by atoms with E-state index in [9.17, 15) is 28.5 Å². The van der Waals surface area contributed by atoms with Gasteiger partial charge in [0, 0.05) is 26.2 Å². The van der Waals surface area contributed by atoms with Gasteiger partial charge >= 0.3 is 6.18 Å². The Balaban J connectivity index is 1.62. The van der Waals surface area contributed by atoms with Crippen LogP contribution in [0.5, 0.6) is 0 Å². The highest BCUT2D eigenvalue weighted by Crippen LogP contribution is 2.34. The first-order valence-electron chi connectivity index (χ1n) is 9.20. The third kappa shape index (κ3) is 4.70. The Morgan fingerprint density at radius 3 is 2.13 bits per heavy atom. The molecule has 0 spiro atoms. The second kappa shape index (κ2) is 8.85. The average Bonchev–Trinajstić information content (AvgIpc) is 2.73. The van der Waals surface area contributed by atoms with Crippen molar-refractivity contribution in [2.75, 3.05) is 42.9 Å². The summed E-state index contributed by atoms with van der Waals surface area (Å²) >= 11 is 0. The molecule has 0 atom stereocenters. The summed E-state index contributed by atoms with van der Waals surface area (Å²) in [7, 11) is 0. The minimum absolute atomic E-state index is 0.0506. The number of amides is 1. The monoisotopic (exact) mass is 413 g/mol. The molecule has 3 rings (SSSR count). The van der Waals surface area contributed by atoms with E-state index in [2.05, 4.69) is 17.5 Å². The third-order valence-electron chi connectivity index (χ3n) is 4.84. The maximum atomic E-state index is 13.1. The normalized spacial score (nSPS) is 14.6. The average molecular weight is 413 g/mol. The molecule has 1 saturated heterocycles. The number of alkyl halides is 3. The molecule has 30 heavy (non-hydrogen) atoms. The number of anilines is 2. The summed E-state index contributed by atoms with van der Waals surface area (Å²) in [6.45, 7) is 1.86. The summed E-state index contributed by atoms with van der Waals surface area (Å²) in [5.74, 6) is -0.532. The maximum Gasteiger partial charge on any atom is 0.418 e. The zero-order valence-corrected chi connectivity index (χ0v) is 15.9. The van der Waals surface area contributed by atoms with Gasteiger partial charge in [0.15, 0.2) is 0 Å². The lowest BCUT2D eigenvalue weighted by atomic mass is 10.1. The van der Waals surface area contributed by atoms with Crippen molar-refractivity contribution in [1.82, 2.24) is 4.90 Å². The number of benzene rings is 2. The number of carbonyl (C=O) groups is 1. The van der Waals surface area contributed by atoms with Crippen molar-refractivity contribution >= 4 is 17.3 Å². The van der Waals surface area contributed by atoms with Crippen LogP contribution in [-0.2, 0) is 11.0 Å². The van der Waals surface area contributed by atoms with Gasteiger partial charge < -0.3 is 10.2 Å². The summed E-state index contributed by atoms with van der Waals surface area (Å²) in [6.07, 6.45) is -4.55. The Morgan fingerprint density at radius 2 is 1.57 bits per heavy atom. The van der Waals surface area contributed by atoms with Gasteiger partial charge in [0.2, 0.25) is 5.91 Å². The minimum atomic E-state index is -4.55. The van der Waals surface area contributed by atoms with Crippen LogP contribution in [0, 0.1) is 22.7 Å². The fourth-order valence-corrected chi connectivity index (χ4v) is 3.43. The smallest absolute Gasteiger partial charge is 0.367 e.